The van der Waals surface area contributed by atoms with E-state index in [-0.39, 0.29) is 23.6 Å². The first-order chi connectivity index (χ1) is 12.4. The third-order valence-electron chi connectivity index (χ3n) is 5.16. The molecule has 1 saturated heterocycles. The molecule has 7 heteroatoms. The van der Waals surface area contributed by atoms with Crippen LogP contribution in [0.5, 0.6) is 5.75 Å². The van der Waals surface area contributed by atoms with E-state index in [4.69, 9.17) is 4.74 Å². The summed E-state index contributed by atoms with van der Waals surface area (Å²) in [5.74, 6) is 0.124. The second-order valence-corrected chi connectivity index (χ2v) is 7.04. The van der Waals surface area contributed by atoms with Gasteiger partial charge in [0.15, 0.2) is 5.69 Å². The van der Waals surface area contributed by atoms with Crippen molar-refractivity contribution in [1.82, 2.24) is 14.5 Å². The van der Waals surface area contributed by atoms with Gasteiger partial charge in [-0.25, -0.2) is 9.78 Å². The lowest BCUT2D eigenvalue weighted by Gasteiger charge is -2.22. The number of rotatable bonds is 3. The molecule has 7 nitrogen and oxygen atoms in total. The summed E-state index contributed by atoms with van der Waals surface area (Å²) in [6, 6.07) is 5.06. The van der Waals surface area contributed by atoms with Gasteiger partial charge in [-0.1, -0.05) is 13.8 Å². The predicted molar refractivity (Wildman–Crippen MR) is 94.2 cm³/mol. The number of hydrogen-bond donors (Lipinski definition) is 1. The molecule has 0 saturated carbocycles. The number of amides is 1. The molecule has 26 heavy (non-hydrogen) atoms. The van der Waals surface area contributed by atoms with Gasteiger partial charge in [-0.15, -0.1) is 0 Å². The molecule has 3 heterocycles. The Labute approximate surface area is 151 Å². The maximum Gasteiger partial charge on any atom is 0.356 e. The van der Waals surface area contributed by atoms with Crippen LogP contribution in [0.25, 0.3) is 5.69 Å². The maximum absolute atomic E-state index is 13.2. The fraction of sp³-hybridized carbons (Fsp3) is 0.421. The van der Waals surface area contributed by atoms with Gasteiger partial charge in [0.1, 0.15) is 11.6 Å². The van der Waals surface area contributed by atoms with Crippen molar-refractivity contribution in [2.24, 2.45) is 0 Å². The van der Waals surface area contributed by atoms with Gasteiger partial charge in [-0.2, -0.15) is 0 Å². The second-order valence-electron chi connectivity index (χ2n) is 7.04. The second kappa shape index (κ2) is 5.86. The Balaban J connectivity index is 2.10. The lowest BCUT2D eigenvalue weighted by molar-refractivity contribution is 0.0673. The number of fused-ring (bicyclic) bond motifs is 5. The molecule has 2 aliphatic heterocycles. The molecular weight excluding hydrogens is 334 g/mol. The average molecular weight is 355 g/mol. The van der Waals surface area contributed by atoms with E-state index in [9.17, 15) is 14.7 Å². The van der Waals surface area contributed by atoms with Crippen molar-refractivity contribution in [1.29, 1.82) is 0 Å². The Morgan fingerprint density at radius 1 is 1.38 bits per heavy atom. The van der Waals surface area contributed by atoms with Gasteiger partial charge in [0.25, 0.3) is 5.91 Å². The molecule has 0 radical (unpaired) electrons. The van der Waals surface area contributed by atoms with Gasteiger partial charge in [0.05, 0.1) is 30.1 Å². The van der Waals surface area contributed by atoms with Gasteiger partial charge in [0, 0.05) is 12.5 Å². The zero-order chi connectivity index (χ0) is 18.6. The number of ether oxygens (including phenoxy) is 1. The number of benzene rings is 1. The summed E-state index contributed by atoms with van der Waals surface area (Å²) in [5, 5.41) is 9.74. The first kappa shape index (κ1) is 16.6. The van der Waals surface area contributed by atoms with Gasteiger partial charge < -0.3 is 14.7 Å². The van der Waals surface area contributed by atoms with E-state index in [1.807, 2.05) is 24.5 Å². The van der Waals surface area contributed by atoms with E-state index >= 15 is 0 Å². The Kier molecular flexibility index (Phi) is 3.75. The van der Waals surface area contributed by atoms with Crippen molar-refractivity contribution in [3.05, 3.63) is 41.0 Å². The molecule has 1 aromatic heterocycles. The standard InChI is InChI=1S/C19H21N3O4/c1-10(2)17-20-15(19(24)25)16-14-5-4-8-21(14)18(23)12-9-11(26-3)6-7-13(12)22(16)17/h6-7,9-10,14H,4-5,8H2,1-3H3,(H,24,25)/t14-/m0/s1. The predicted octanol–water partition coefficient (Wildman–Crippen LogP) is 2.99. The van der Waals surface area contributed by atoms with Gasteiger partial charge in [-0.05, 0) is 31.0 Å². The van der Waals surface area contributed by atoms with E-state index < -0.39 is 5.97 Å². The first-order valence-corrected chi connectivity index (χ1v) is 8.79. The van der Waals surface area contributed by atoms with Crippen molar-refractivity contribution in [3.8, 4) is 11.4 Å². The van der Waals surface area contributed by atoms with E-state index in [2.05, 4.69) is 4.98 Å². The highest BCUT2D eigenvalue weighted by molar-refractivity contribution is 6.00. The maximum atomic E-state index is 13.2. The van der Waals surface area contributed by atoms with Gasteiger partial charge in [-0.3, -0.25) is 9.36 Å². The summed E-state index contributed by atoms with van der Waals surface area (Å²) in [6.45, 7) is 4.56. The summed E-state index contributed by atoms with van der Waals surface area (Å²) in [7, 11) is 1.56. The molecule has 1 N–H and O–H groups in total. The highest BCUT2D eigenvalue weighted by Gasteiger charge is 2.41. The van der Waals surface area contributed by atoms with Crippen LogP contribution in [-0.4, -0.2) is 45.1 Å². The van der Waals surface area contributed by atoms with Crippen LogP contribution in [-0.2, 0) is 0 Å². The summed E-state index contributed by atoms with van der Waals surface area (Å²) < 4.78 is 7.19. The van der Waals surface area contributed by atoms with Crippen molar-refractivity contribution in [2.75, 3.05) is 13.7 Å². The van der Waals surface area contributed by atoms with Crippen LogP contribution < -0.4 is 4.74 Å². The summed E-state index contributed by atoms with van der Waals surface area (Å²) in [5.41, 5.74) is 1.84. The lowest BCUT2D eigenvalue weighted by atomic mass is 10.1. The topological polar surface area (TPSA) is 84.7 Å². The average Bonchev–Trinajstić information content (AvgIpc) is 3.22. The summed E-state index contributed by atoms with van der Waals surface area (Å²) in [4.78, 5) is 31.3. The van der Waals surface area contributed by atoms with Crippen LogP contribution in [0.2, 0.25) is 0 Å². The lowest BCUT2D eigenvalue weighted by Crippen LogP contribution is -2.30. The highest BCUT2D eigenvalue weighted by Crippen LogP contribution is 2.42. The minimum absolute atomic E-state index is 0.0138. The molecule has 2 aromatic rings. The van der Waals surface area contributed by atoms with E-state index in [1.165, 1.54) is 0 Å². The smallest absolute Gasteiger partial charge is 0.356 e. The molecule has 1 fully saturated rings. The van der Waals surface area contributed by atoms with E-state index in [0.717, 1.165) is 12.8 Å². The van der Waals surface area contributed by atoms with E-state index in [0.29, 0.717) is 35.1 Å². The molecule has 1 amide bonds. The Hall–Kier alpha value is -2.83. The number of aromatic nitrogens is 2. The van der Waals surface area contributed by atoms with E-state index in [1.54, 1.807) is 24.1 Å². The number of carboxylic acid groups (broad SMARTS) is 1. The number of carbonyl (C=O) groups excluding carboxylic acids is 1. The Morgan fingerprint density at radius 2 is 2.15 bits per heavy atom. The Morgan fingerprint density at radius 3 is 2.81 bits per heavy atom. The number of carbonyl (C=O) groups is 2. The van der Waals surface area contributed by atoms with Crippen LogP contribution in [0.3, 0.4) is 0 Å². The highest BCUT2D eigenvalue weighted by atomic mass is 16.5. The SMILES string of the molecule is COc1ccc2c(c1)C(=O)N1CCC[C@H]1c1c(C(=O)O)nc(C(C)C)n1-2. The molecule has 0 bridgehead atoms. The molecule has 136 valence electrons. The minimum Gasteiger partial charge on any atom is -0.497 e. The number of methoxy groups -OCH3 is 1. The van der Waals surface area contributed by atoms with Crippen LogP contribution in [0, 0.1) is 0 Å². The summed E-state index contributed by atoms with van der Waals surface area (Å²) >= 11 is 0. The number of hydrogen-bond acceptors (Lipinski definition) is 4. The molecular formula is C19H21N3O4. The fourth-order valence-corrected chi connectivity index (χ4v) is 4.01. The number of nitrogens with zero attached hydrogens (tertiary/aromatic N) is 3. The van der Waals surface area contributed by atoms with Crippen LogP contribution in [0.4, 0.5) is 0 Å². The molecule has 0 unspecified atom stereocenters. The van der Waals surface area contributed by atoms with Crippen LogP contribution in [0.1, 0.15) is 71.0 Å². The molecule has 0 aliphatic carbocycles. The molecule has 0 spiro atoms. The van der Waals surface area contributed by atoms with Crippen molar-refractivity contribution in [3.63, 3.8) is 0 Å². The van der Waals surface area contributed by atoms with Crippen LogP contribution >= 0.6 is 0 Å². The first-order valence-electron chi connectivity index (χ1n) is 8.79. The molecule has 2 aliphatic rings. The van der Waals surface area contributed by atoms with Crippen molar-refractivity contribution in [2.45, 2.75) is 38.6 Å². The fourth-order valence-electron chi connectivity index (χ4n) is 4.01. The minimum atomic E-state index is -1.06. The zero-order valence-electron chi connectivity index (χ0n) is 15.0. The number of carboxylic acids is 1. The number of aromatic carboxylic acids is 1. The van der Waals surface area contributed by atoms with Crippen molar-refractivity contribution >= 4 is 11.9 Å². The molecule has 1 aromatic carbocycles. The summed E-state index contributed by atoms with van der Waals surface area (Å²) in [6.07, 6.45) is 1.58. The van der Waals surface area contributed by atoms with Gasteiger partial charge in [0.2, 0.25) is 0 Å². The van der Waals surface area contributed by atoms with Crippen molar-refractivity contribution < 1.29 is 19.4 Å². The third-order valence-corrected chi connectivity index (χ3v) is 5.16. The monoisotopic (exact) mass is 355 g/mol. The van der Waals surface area contributed by atoms with Crippen LogP contribution in [0.15, 0.2) is 18.2 Å². The quantitative estimate of drug-likeness (QED) is 0.915. The molecule has 1 atom stereocenters. The Bertz CT molecular complexity index is 916. The number of imidazole rings is 1. The normalized spacial score (nSPS) is 18.4. The molecule has 4 rings (SSSR count). The third kappa shape index (κ3) is 2.23. The largest absolute Gasteiger partial charge is 0.497 e. The van der Waals surface area contributed by atoms with Gasteiger partial charge >= 0.3 is 5.97 Å². The zero-order valence-corrected chi connectivity index (χ0v) is 15.0.